The minimum Gasteiger partial charge on any atom is -0.466 e. The number of aromatic nitrogens is 1. The standard InChI is InChI=1S/C16H26N2O2S/c1-3-20-15(19)9-8-14-11-21-16(18-14)17-10-13-7-5-4-6-12(13)2/h11-13H,3-10H2,1-2H3,(H,17,18). The number of hydrogen-bond acceptors (Lipinski definition) is 5. The summed E-state index contributed by atoms with van der Waals surface area (Å²) < 4.78 is 4.93. The highest BCUT2D eigenvalue weighted by Gasteiger charge is 2.21. The van der Waals surface area contributed by atoms with Crippen molar-refractivity contribution >= 4 is 22.4 Å². The molecule has 5 heteroatoms. The first-order chi connectivity index (χ1) is 10.2. The molecule has 1 N–H and O–H groups in total. The fourth-order valence-electron chi connectivity index (χ4n) is 2.88. The fraction of sp³-hybridized carbons (Fsp3) is 0.750. The van der Waals surface area contributed by atoms with E-state index in [4.69, 9.17) is 4.74 Å². The van der Waals surface area contributed by atoms with Gasteiger partial charge in [-0.3, -0.25) is 4.79 Å². The number of nitrogens with one attached hydrogen (secondary N) is 1. The lowest BCUT2D eigenvalue weighted by Crippen LogP contribution is -2.24. The van der Waals surface area contributed by atoms with Gasteiger partial charge in [-0.1, -0.05) is 26.2 Å². The topological polar surface area (TPSA) is 51.2 Å². The maximum absolute atomic E-state index is 11.3. The Hall–Kier alpha value is -1.10. The van der Waals surface area contributed by atoms with Crippen molar-refractivity contribution in [1.29, 1.82) is 0 Å². The first-order valence-electron chi connectivity index (χ1n) is 8.03. The summed E-state index contributed by atoms with van der Waals surface area (Å²) in [6.45, 7) is 5.65. The highest BCUT2D eigenvalue weighted by Crippen LogP contribution is 2.30. The summed E-state index contributed by atoms with van der Waals surface area (Å²) >= 11 is 1.63. The highest BCUT2D eigenvalue weighted by atomic mass is 32.1. The van der Waals surface area contributed by atoms with Crippen LogP contribution in [0.15, 0.2) is 5.38 Å². The van der Waals surface area contributed by atoms with Gasteiger partial charge >= 0.3 is 5.97 Å². The molecule has 1 saturated carbocycles. The third-order valence-corrected chi connectivity index (χ3v) is 5.10. The molecule has 2 unspecified atom stereocenters. The van der Waals surface area contributed by atoms with Crippen molar-refractivity contribution in [3.05, 3.63) is 11.1 Å². The molecule has 0 aromatic carbocycles. The Morgan fingerprint density at radius 2 is 2.29 bits per heavy atom. The fourth-order valence-corrected chi connectivity index (χ4v) is 3.64. The van der Waals surface area contributed by atoms with E-state index in [2.05, 4.69) is 17.2 Å². The summed E-state index contributed by atoms with van der Waals surface area (Å²) in [5.41, 5.74) is 0.979. The van der Waals surface area contributed by atoms with Crippen molar-refractivity contribution in [3.63, 3.8) is 0 Å². The monoisotopic (exact) mass is 310 g/mol. The molecule has 118 valence electrons. The van der Waals surface area contributed by atoms with Crippen LogP contribution >= 0.6 is 11.3 Å². The maximum Gasteiger partial charge on any atom is 0.306 e. The second-order valence-corrected chi connectivity index (χ2v) is 6.71. The van der Waals surface area contributed by atoms with Gasteiger partial charge in [-0.05, 0) is 25.2 Å². The minimum absolute atomic E-state index is 0.143. The number of hydrogen-bond donors (Lipinski definition) is 1. The van der Waals surface area contributed by atoms with Crippen LogP contribution in [0.25, 0.3) is 0 Å². The lowest BCUT2D eigenvalue weighted by atomic mass is 9.80. The summed E-state index contributed by atoms with van der Waals surface area (Å²) in [6.07, 6.45) is 6.50. The van der Waals surface area contributed by atoms with Crippen molar-refractivity contribution < 1.29 is 9.53 Å². The van der Waals surface area contributed by atoms with Gasteiger partial charge in [0.05, 0.1) is 18.7 Å². The zero-order valence-corrected chi connectivity index (χ0v) is 13.9. The van der Waals surface area contributed by atoms with Gasteiger partial charge in [0, 0.05) is 18.3 Å². The van der Waals surface area contributed by atoms with E-state index in [0.717, 1.165) is 29.2 Å². The third kappa shape index (κ3) is 5.30. The SMILES string of the molecule is CCOC(=O)CCc1csc(NCC2CCCCC2C)n1. The van der Waals surface area contributed by atoms with Crippen LogP contribution in [-0.4, -0.2) is 24.1 Å². The van der Waals surface area contributed by atoms with Crippen LogP contribution in [0.2, 0.25) is 0 Å². The molecule has 0 amide bonds. The lowest BCUT2D eigenvalue weighted by Gasteiger charge is -2.28. The second kappa shape index (κ2) is 8.37. The number of anilines is 1. The van der Waals surface area contributed by atoms with E-state index in [0.29, 0.717) is 19.4 Å². The van der Waals surface area contributed by atoms with Crippen molar-refractivity contribution in [2.45, 2.75) is 52.4 Å². The summed E-state index contributed by atoms with van der Waals surface area (Å²) in [6, 6.07) is 0. The van der Waals surface area contributed by atoms with Gasteiger partial charge in [-0.25, -0.2) is 4.98 Å². The summed E-state index contributed by atoms with van der Waals surface area (Å²) in [5, 5.41) is 6.48. The van der Waals surface area contributed by atoms with Crippen LogP contribution < -0.4 is 5.32 Å². The molecule has 0 spiro atoms. The second-order valence-electron chi connectivity index (χ2n) is 5.85. The molecule has 0 bridgehead atoms. The predicted molar refractivity (Wildman–Crippen MR) is 86.7 cm³/mol. The van der Waals surface area contributed by atoms with Crippen LogP contribution in [0, 0.1) is 11.8 Å². The first kappa shape index (κ1) is 16.3. The number of ether oxygens (including phenoxy) is 1. The average molecular weight is 310 g/mol. The van der Waals surface area contributed by atoms with Crippen molar-refractivity contribution in [1.82, 2.24) is 4.98 Å². The van der Waals surface area contributed by atoms with Crippen molar-refractivity contribution in [2.24, 2.45) is 11.8 Å². The zero-order chi connectivity index (χ0) is 15.1. The quantitative estimate of drug-likeness (QED) is 0.777. The number of thiazole rings is 1. The summed E-state index contributed by atoms with van der Waals surface area (Å²) in [4.78, 5) is 15.9. The Balaban J connectivity index is 1.73. The Morgan fingerprint density at radius 3 is 3.05 bits per heavy atom. The van der Waals surface area contributed by atoms with Crippen LogP contribution in [0.5, 0.6) is 0 Å². The third-order valence-electron chi connectivity index (χ3n) is 4.25. The molecule has 0 radical (unpaired) electrons. The Morgan fingerprint density at radius 1 is 1.48 bits per heavy atom. The molecule has 1 fully saturated rings. The van der Waals surface area contributed by atoms with E-state index >= 15 is 0 Å². The van der Waals surface area contributed by atoms with Gasteiger partial charge in [0.25, 0.3) is 0 Å². The van der Waals surface area contributed by atoms with Gasteiger partial charge < -0.3 is 10.1 Å². The summed E-state index contributed by atoms with van der Waals surface area (Å²) in [7, 11) is 0. The molecule has 2 atom stereocenters. The first-order valence-corrected chi connectivity index (χ1v) is 8.91. The molecule has 1 heterocycles. The number of carbonyl (C=O) groups is 1. The van der Waals surface area contributed by atoms with Gasteiger partial charge in [-0.15, -0.1) is 11.3 Å². The number of esters is 1. The Bertz CT molecular complexity index is 447. The molecule has 2 rings (SSSR count). The number of rotatable bonds is 7. The van der Waals surface area contributed by atoms with E-state index in [1.807, 2.05) is 12.3 Å². The van der Waals surface area contributed by atoms with Crippen LogP contribution in [0.3, 0.4) is 0 Å². The smallest absolute Gasteiger partial charge is 0.306 e. The van der Waals surface area contributed by atoms with E-state index in [9.17, 15) is 4.79 Å². The molecule has 4 nitrogen and oxygen atoms in total. The van der Waals surface area contributed by atoms with E-state index in [1.54, 1.807) is 11.3 Å². The van der Waals surface area contributed by atoms with E-state index in [-0.39, 0.29) is 5.97 Å². The van der Waals surface area contributed by atoms with E-state index < -0.39 is 0 Å². The molecule has 1 aromatic rings. The normalized spacial score (nSPS) is 22.0. The van der Waals surface area contributed by atoms with Crippen molar-refractivity contribution in [3.8, 4) is 0 Å². The Kier molecular flexibility index (Phi) is 6.49. The predicted octanol–water partition coefficient (Wildman–Crippen LogP) is 3.88. The average Bonchev–Trinajstić information content (AvgIpc) is 2.93. The van der Waals surface area contributed by atoms with Gasteiger partial charge in [0.15, 0.2) is 5.13 Å². The Labute approximate surface area is 131 Å². The van der Waals surface area contributed by atoms with Gasteiger partial charge in [-0.2, -0.15) is 0 Å². The molecule has 0 saturated heterocycles. The molecule has 21 heavy (non-hydrogen) atoms. The van der Waals surface area contributed by atoms with Crippen LogP contribution in [0.1, 0.15) is 51.6 Å². The van der Waals surface area contributed by atoms with E-state index in [1.165, 1.54) is 25.7 Å². The molecule has 1 aliphatic carbocycles. The van der Waals surface area contributed by atoms with Gasteiger partial charge in [0.2, 0.25) is 0 Å². The molecule has 1 aromatic heterocycles. The number of carbonyl (C=O) groups excluding carboxylic acids is 1. The highest BCUT2D eigenvalue weighted by molar-refractivity contribution is 7.13. The largest absolute Gasteiger partial charge is 0.466 e. The number of nitrogens with zero attached hydrogens (tertiary/aromatic N) is 1. The molecule has 0 aliphatic heterocycles. The van der Waals surface area contributed by atoms with Crippen LogP contribution in [0.4, 0.5) is 5.13 Å². The lowest BCUT2D eigenvalue weighted by molar-refractivity contribution is -0.143. The molecular formula is C16H26N2O2S. The summed E-state index contributed by atoms with van der Waals surface area (Å²) in [5.74, 6) is 1.44. The van der Waals surface area contributed by atoms with Gasteiger partial charge in [0.1, 0.15) is 0 Å². The number of aryl methyl sites for hydroxylation is 1. The zero-order valence-electron chi connectivity index (χ0n) is 13.1. The molecule has 1 aliphatic rings. The minimum atomic E-state index is -0.143. The maximum atomic E-state index is 11.3. The molecular weight excluding hydrogens is 284 g/mol. The van der Waals surface area contributed by atoms with Crippen molar-refractivity contribution in [2.75, 3.05) is 18.5 Å². The van der Waals surface area contributed by atoms with Crippen LogP contribution in [-0.2, 0) is 16.0 Å².